The lowest BCUT2D eigenvalue weighted by Crippen LogP contribution is -2.49. The molecule has 1 unspecified atom stereocenters. The lowest BCUT2D eigenvalue weighted by atomic mass is 9.91. The highest BCUT2D eigenvalue weighted by Crippen LogP contribution is 2.51. The Kier molecular flexibility index (Phi) is 9.27. The largest absolute Gasteiger partial charge is 0.497 e. The number of carbonyl (C=O) groups is 2. The average molecular weight is 593 g/mol. The van der Waals surface area contributed by atoms with Gasteiger partial charge in [0, 0.05) is 17.6 Å². The van der Waals surface area contributed by atoms with Gasteiger partial charge in [0.25, 0.3) is 5.91 Å². The summed E-state index contributed by atoms with van der Waals surface area (Å²) in [4.78, 5) is 30.4. The van der Waals surface area contributed by atoms with Gasteiger partial charge in [0.1, 0.15) is 11.8 Å². The minimum Gasteiger partial charge on any atom is -0.497 e. The molecule has 0 aliphatic carbocycles. The second-order valence-electron chi connectivity index (χ2n) is 11.1. The van der Waals surface area contributed by atoms with Gasteiger partial charge < -0.3 is 38.6 Å². The van der Waals surface area contributed by atoms with Gasteiger partial charge >= 0.3 is 0 Å². The van der Waals surface area contributed by atoms with Crippen LogP contribution in [0.5, 0.6) is 34.5 Å². The third-order valence-electron chi connectivity index (χ3n) is 7.29. The zero-order valence-electron chi connectivity index (χ0n) is 26.2. The summed E-state index contributed by atoms with van der Waals surface area (Å²) in [7, 11) is 9.23. The number of methoxy groups -OCH3 is 6. The number of ether oxygens (including phenoxy) is 6. The minimum atomic E-state index is -0.994. The van der Waals surface area contributed by atoms with Crippen molar-refractivity contribution in [1.82, 2.24) is 10.2 Å². The zero-order chi connectivity index (χ0) is 31.5. The highest BCUT2D eigenvalue weighted by atomic mass is 16.5. The Bertz CT molecular complexity index is 1510. The molecule has 3 aromatic carbocycles. The summed E-state index contributed by atoms with van der Waals surface area (Å²) < 4.78 is 33.6. The maximum atomic E-state index is 14.6. The molecule has 43 heavy (non-hydrogen) atoms. The molecule has 1 N–H and O–H groups in total. The topological polar surface area (TPSA) is 105 Å². The number of nitrogens with zero attached hydrogens (tertiary/aromatic N) is 1. The van der Waals surface area contributed by atoms with Gasteiger partial charge in [0.2, 0.25) is 11.7 Å². The molecule has 230 valence electrons. The number of amides is 2. The molecule has 10 heteroatoms. The number of hydrogen-bond donors (Lipinski definition) is 1. The van der Waals surface area contributed by atoms with Crippen LogP contribution in [0.25, 0.3) is 11.1 Å². The fourth-order valence-corrected chi connectivity index (χ4v) is 5.39. The van der Waals surface area contributed by atoms with Crippen molar-refractivity contribution in [3.63, 3.8) is 0 Å². The number of nitrogens with one attached hydrogen (secondary N) is 1. The maximum absolute atomic E-state index is 14.6. The molecule has 0 saturated carbocycles. The van der Waals surface area contributed by atoms with E-state index in [0.29, 0.717) is 63.2 Å². The minimum absolute atomic E-state index is 0.212. The van der Waals surface area contributed by atoms with Crippen molar-refractivity contribution >= 4 is 11.8 Å². The van der Waals surface area contributed by atoms with Gasteiger partial charge in [-0.3, -0.25) is 9.59 Å². The molecule has 0 bridgehead atoms. The zero-order valence-corrected chi connectivity index (χ0v) is 26.2. The fraction of sp³-hybridized carbons (Fsp3) is 0.394. The molecule has 0 radical (unpaired) electrons. The molecule has 0 spiro atoms. The van der Waals surface area contributed by atoms with Gasteiger partial charge in [-0.2, -0.15) is 0 Å². The smallest absolute Gasteiger partial charge is 0.255 e. The Labute approximate surface area is 252 Å². The molecule has 4 rings (SSSR count). The standard InChI is InChI=1S/C33H40N2O8/c1-33(2,3)34-31(36)28-22-17-20(38-4)11-12-21(22)27-23(18-26(41-7)29(42-8)30(27)43-9)32(37)35(28)15-14-19-10-13-24(39-5)25(16-19)40-6/h10-13,16-18,28H,14-15H2,1-9H3,(H,34,36). The second kappa shape index (κ2) is 12.7. The molecule has 0 fully saturated rings. The van der Waals surface area contributed by atoms with Crippen LogP contribution in [-0.2, 0) is 11.2 Å². The Hall–Kier alpha value is -4.60. The molecule has 0 aromatic heterocycles. The molecule has 2 amide bonds. The Morgan fingerprint density at radius 1 is 0.767 bits per heavy atom. The summed E-state index contributed by atoms with van der Waals surface area (Å²) in [5, 5.41) is 3.09. The van der Waals surface area contributed by atoms with Crippen molar-refractivity contribution in [2.45, 2.75) is 38.8 Å². The first-order chi connectivity index (χ1) is 20.5. The first-order valence-electron chi connectivity index (χ1n) is 13.9. The number of fused-ring (bicyclic) bond motifs is 3. The van der Waals surface area contributed by atoms with Crippen LogP contribution < -0.4 is 33.7 Å². The number of carbonyl (C=O) groups excluding carboxylic acids is 2. The van der Waals surface area contributed by atoms with Crippen LogP contribution in [-0.4, -0.2) is 71.5 Å². The highest BCUT2D eigenvalue weighted by molar-refractivity contribution is 6.08. The third-order valence-corrected chi connectivity index (χ3v) is 7.29. The Morgan fingerprint density at radius 2 is 1.44 bits per heavy atom. The van der Waals surface area contributed by atoms with Crippen LogP contribution >= 0.6 is 0 Å². The van der Waals surface area contributed by atoms with E-state index in [1.54, 1.807) is 44.4 Å². The summed E-state index contributed by atoms with van der Waals surface area (Å²) in [5.74, 6) is 2.03. The van der Waals surface area contributed by atoms with E-state index < -0.39 is 11.6 Å². The maximum Gasteiger partial charge on any atom is 0.255 e. The van der Waals surface area contributed by atoms with Crippen molar-refractivity contribution in [2.75, 3.05) is 49.2 Å². The number of benzene rings is 3. The molecule has 1 aliphatic rings. The molecule has 10 nitrogen and oxygen atoms in total. The Balaban J connectivity index is 1.98. The lowest BCUT2D eigenvalue weighted by molar-refractivity contribution is -0.127. The van der Waals surface area contributed by atoms with E-state index in [-0.39, 0.29) is 18.4 Å². The van der Waals surface area contributed by atoms with Crippen molar-refractivity contribution in [3.8, 4) is 45.6 Å². The van der Waals surface area contributed by atoms with Crippen molar-refractivity contribution in [2.24, 2.45) is 0 Å². The Morgan fingerprint density at radius 3 is 2.02 bits per heavy atom. The van der Waals surface area contributed by atoms with Crippen molar-refractivity contribution in [1.29, 1.82) is 0 Å². The van der Waals surface area contributed by atoms with Crippen LogP contribution in [0, 0.1) is 0 Å². The van der Waals surface area contributed by atoms with E-state index in [2.05, 4.69) is 5.32 Å². The summed E-state index contributed by atoms with van der Waals surface area (Å²) in [6.07, 6.45) is 0.435. The summed E-state index contributed by atoms with van der Waals surface area (Å²) in [6.45, 7) is 5.91. The molecular formula is C33H40N2O8. The van der Waals surface area contributed by atoms with E-state index >= 15 is 0 Å². The SMILES string of the molecule is COc1ccc2c(c1)C(C(=O)NC(C)(C)C)N(CCc1ccc(OC)c(OC)c1)C(=O)c1cc(OC)c(OC)c(OC)c1-2. The number of hydrogen-bond acceptors (Lipinski definition) is 8. The first kappa shape index (κ1) is 31.3. The third kappa shape index (κ3) is 6.14. The molecule has 1 heterocycles. The summed E-state index contributed by atoms with van der Waals surface area (Å²) in [5.41, 5.74) is 2.40. The van der Waals surface area contributed by atoms with Gasteiger partial charge in [0.05, 0.1) is 48.2 Å². The number of rotatable bonds is 10. The van der Waals surface area contributed by atoms with E-state index in [1.807, 2.05) is 45.0 Å². The van der Waals surface area contributed by atoms with Gasteiger partial charge in [-0.05, 0) is 74.2 Å². The monoisotopic (exact) mass is 592 g/mol. The average Bonchev–Trinajstić information content (AvgIpc) is 3.09. The van der Waals surface area contributed by atoms with E-state index in [1.165, 1.54) is 21.3 Å². The predicted molar refractivity (Wildman–Crippen MR) is 163 cm³/mol. The summed E-state index contributed by atoms with van der Waals surface area (Å²) >= 11 is 0. The van der Waals surface area contributed by atoms with Crippen molar-refractivity contribution < 1.29 is 38.0 Å². The van der Waals surface area contributed by atoms with Crippen LogP contribution in [0.3, 0.4) is 0 Å². The lowest BCUT2D eigenvalue weighted by Gasteiger charge is -2.33. The fourth-order valence-electron chi connectivity index (χ4n) is 5.39. The van der Waals surface area contributed by atoms with E-state index in [4.69, 9.17) is 28.4 Å². The quantitative estimate of drug-likeness (QED) is 0.349. The first-order valence-corrected chi connectivity index (χ1v) is 13.9. The van der Waals surface area contributed by atoms with E-state index in [9.17, 15) is 9.59 Å². The van der Waals surface area contributed by atoms with Crippen molar-refractivity contribution in [3.05, 3.63) is 59.2 Å². The second-order valence-corrected chi connectivity index (χ2v) is 11.1. The molecule has 0 saturated heterocycles. The summed E-state index contributed by atoms with van der Waals surface area (Å²) in [6, 6.07) is 11.7. The molecule has 1 aliphatic heterocycles. The van der Waals surface area contributed by atoms with Crippen LogP contribution in [0.1, 0.15) is 48.3 Å². The molecule has 3 aromatic rings. The normalized spacial score (nSPS) is 14.2. The van der Waals surface area contributed by atoms with Crippen LogP contribution in [0.15, 0.2) is 42.5 Å². The van der Waals surface area contributed by atoms with Gasteiger partial charge in [-0.25, -0.2) is 0 Å². The highest BCUT2D eigenvalue weighted by Gasteiger charge is 2.41. The van der Waals surface area contributed by atoms with Crippen LogP contribution in [0.2, 0.25) is 0 Å². The van der Waals surface area contributed by atoms with E-state index in [0.717, 1.165) is 5.56 Å². The van der Waals surface area contributed by atoms with Gasteiger partial charge in [-0.1, -0.05) is 12.1 Å². The van der Waals surface area contributed by atoms with Crippen LogP contribution in [0.4, 0.5) is 0 Å². The van der Waals surface area contributed by atoms with Gasteiger partial charge in [-0.15, -0.1) is 0 Å². The van der Waals surface area contributed by atoms with Gasteiger partial charge in [0.15, 0.2) is 23.0 Å². The molecular weight excluding hydrogens is 552 g/mol. The predicted octanol–water partition coefficient (Wildman–Crippen LogP) is 5.06. The molecule has 1 atom stereocenters.